The van der Waals surface area contributed by atoms with Crippen LogP contribution in [0.1, 0.15) is 65.7 Å². The highest BCUT2D eigenvalue weighted by Gasteiger charge is 2.53. The van der Waals surface area contributed by atoms with Gasteiger partial charge in [-0.2, -0.15) is 0 Å². The largest absolute Gasteiger partial charge is 0.381 e. The number of ether oxygens (including phenoxy) is 2. The molecule has 3 unspecified atom stereocenters. The van der Waals surface area contributed by atoms with Gasteiger partial charge in [-0.3, -0.25) is 0 Å². The second kappa shape index (κ2) is 7.04. The topological polar surface area (TPSA) is 18.5 Å². The molecular weight excluding hydrogens is 308 g/mol. The van der Waals surface area contributed by atoms with E-state index in [1.807, 2.05) is 0 Å². The molecule has 3 rings (SSSR count). The van der Waals surface area contributed by atoms with Gasteiger partial charge in [0.2, 0.25) is 0 Å². The van der Waals surface area contributed by atoms with Crippen LogP contribution in [-0.4, -0.2) is 26.4 Å². The van der Waals surface area contributed by atoms with E-state index in [2.05, 4.69) is 39.5 Å². The summed E-state index contributed by atoms with van der Waals surface area (Å²) in [4.78, 5) is 0. The van der Waals surface area contributed by atoms with Crippen LogP contribution >= 0.6 is 0 Å². The van der Waals surface area contributed by atoms with E-state index >= 15 is 0 Å². The molecule has 0 spiro atoms. The number of hydrogen-bond donors (Lipinski definition) is 0. The van der Waals surface area contributed by atoms with E-state index in [4.69, 9.17) is 9.47 Å². The van der Waals surface area contributed by atoms with Crippen LogP contribution in [0.3, 0.4) is 0 Å². The molecule has 3 aliphatic rings. The molecule has 3 fully saturated rings. The standard InChI is InChI=1S/C23H36O2/c1-16-18(14-19(24-5)15-21(16)25-6)10-9-17-8-7-12-23(4)20(17)11-13-22(23,2)3/h9-10,19-21H,1,7-8,11-15H2,2-6H3/b17-9+,18-10-/t19?,20?,21?,23-/m0/s1. The second-order valence-electron chi connectivity index (χ2n) is 9.23. The third-order valence-electron chi connectivity index (χ3n) is 7.82. The van der Waals surface area contributed by atoms with Crippen molar-refractivity contribution < 1.29 is 9.47 Å². The molecule has 0 aromatic rings. The number of fused-ring (bicyclic) bond motifs is 1. The van der Waals surface area contributed by atoms with Crippen LogP contribution in [0, 0.1) is 16.7 Å². The fraction of sp³-hybridized carbons (Fsp3) is 0.739. The van der Waals surface area contributed by atoms with Gasteiger partial charge in [0, 0.05) is 20.6 Å². The van der Waals surface area contributed by atoms with E-state index in [1.54, 1.807) is 19.8 Å². The summed E-state index contributed by atoms with van der Waals surface area (Å²) in [5.41, 5.74) is 5.03. The summed E-state index contributed by atoms with van der Waals surface area (Å²) in [6.07, 6.45) is 13.6. The molecular formula is C23H36O2. The summed E-state index contributed by atoms with van der Waals surface area (Å²) in [6.45, 7) is 11.8. The Balaban J connectivity index is 1.85. The van der Waals surface area contributed by atoms with Crippen LogP contribution in [0.25, 0.3) is 0 Å². The number of allylic oxidation sites excluding steroid dienone is 3. The van der Waals surface area contributed by atoms with Crippen LogP contribution in [0.15, 0.2) is 35.5 Å². The highest BCUT2D eigenvalue weighted by Crippen LogP contribution is 2.63. The summed E-state index contributed by atoms with van der Waals surface area (Å²) in [5.74, 6) is 0.751. The summed E-state index contributed by atoms with van der Waals surface area (Å²) in [5, 5.41) is 0. The van der Waals surface area contributed by atoms with Crippen molar-refractivity contribution in [2.45, 2.75) is 77.9 Å². The van der Waals surface area contributed by atoms with Crippen molar-refractivity contribution >= 4 is 0 Å². The van der Waals surface area contributed by atoms with Crippen LogP contribution in [-0.2, 0) is 9.47 Å². The summed E-state index contributed by atoms with van der Waals surface area (Å²) >= 11 is 0. The van der Waals surface area contributed by atoms with E-state index in [0.29, 0.717) is 10.8 Å². The van der Waals surface area contributed by atoms with Crippen molar-refractivity contribution in [1.29, 1.82) is 0 Å². The van der Waals surface area contributed by atoms with Gasteiger partial charge in [0.25, 0.3) is 0 Å². The monoisotopic (exact) mass is 344 g/mol. The van der Waals surface area contributed by atoms with E-state index in [1.165, 1.54) is 37.7 Å². The zero-order valence-electron chi connectivity index (χ0n) is 16.9. The number of hydrogen-bond acceptors (Lipinski definition) is 2. The highest BCUT2D eigenvalue weighted by atomic mass is 16.5. The van der Waals surface area contributed by atoms with Crippen molar-refractivity contribution in [3.8, 4) is 0 Å². The lowest BCUT2D eigenvalue weighted by atomic mass is 9.58. The molecule has 3 saturated carbocycles. The van der Waals surface area contributed by atoms with E-state index < -0.39 is 0 Å². The van der Waals surface area contributed by atoms with Gasteiger partial charge in [0.1, 0.15) is 0 Å². The van der Waals surface area contributed by atoms with Crippen molar-refractivity contribution in [2.24, 2.45) is 16.7 Å². The van der Waals surface area contributed by atoms with Gasteiger partial charge in [-0.1, -0.05) is 45.1 Å². The van der Waals surface area contributed by atoms with Gasteiger partial charge < -0.3 is 9.47 Å². The first-order valence-corrected chi connectivity index (χ1v) is 9.97. The molecule has 25 heavy (non-hydrogen) atoms. The van der Waals surface area contributed by atoms with Crippen LogP contribution in [0.4, 0.5) is 0 Å². The Labute approximate surface area is 154 Å². The van der Waals surface area contributed by atoms with Gasteiger partial charge >= 0.3 is 0 Å². The van der Waals surface area contributed by atoms with Crippen molar-refractivity contribution in [1.82, 2.24) is 0 Å². The normalized spacial score (nSPS) is 41.3. The van der Waals surface area contributed by atoms with Crippen LogP contribution < -0.4 is 0 Å². The maximum absolute atomic E-state index is 5.63. The highest BCUT2D eigenvalue weighted by molar-refractivity contribution is 5.39. The molecule has 0 heterocycles. The lowest BCUT2D eigenvalue weighted by molar-refractivity contribution is 0.0277. The Morgan fingerprint density at radius 1 is 1.08 bits per heavy atom. The molecule has 0 aliphatic heterocycles. The molecule has 0 aromatic carbocycles. The molecule has 0 bridgehead atoms. The Morgan fingerprint density at radius 2 is 1.84 bits per heavy atom. The second-order valence-corrected chi connectivity index (χ2v) is 9.23. The Hall–Kier alpha value is -0.860. The summed E-state index contributed by atoms with van der Waals surface area (Å²) < 4.78 is 11.3. The SMILES string of the molecule is C=C1/C(=C\C=C2/CCC[C@@]3(C)C2CCC3(C)C)CC(OC)CC1OC. The quantitative estimate of drug-likeness (QED) is 0.640. The molecule has 0 amide bonds. The fourth-order valence-corrected chi connectivity index (χ4v) is 5.57. The van der Waals surface area contributed by atoms with Gasteiger partial charge in [0.05, 0.1) is 12.2 Å². The van der Waals surface area contributed by atoms with Crippen molar-refractivity contribution in [2.75, 3.05) is 14.2 Å². The Kier molecular flexibility index (Phi) is 5.33. The van der Waals surface area contributed by atoms with E-state index in [9.17, 15) is 0 Å². The average Bonchev–Trinajstić information content (AvgIpc) is 2.84. The zero-order valence-corrected chi connectivity index (χ0v) is 16.9. The van der Waals surface area contributed by atoms with E-state index in [-0.39, 0.29) is 12.2 Å². The molecule has 2 heteroatoms. The molecule has 0 N–H and O–H groups in total. The third-order valence-corrected chi connectivity index (χ3v) is 7.82. The molecule has 0 saturated heterocycles. The molecule has 2 nitrogen and oxygen atoms in total. The first kappa shape index (κ1) is 18.9. The molecule has 0 aromatic heterocycles. The average molecular weight is 345 g/mol. The number of methoxy groups -OCH3 is 2. The predicted octanol–water partition coefficient (Wildman–Crippen LogP) is 5.85. The van der Waals surface area contributed by atoms with Gasteiger partial charge in [0.15, 0.2) is 0 Å². The Morgan fingerprint density at radius 3 is 2.52 bits per heavy atom. The smallest absolute Gasteiger partial charge is 0.0842 e. The minimum atomic E-state index is 0.0883. The van der Waals surface area contributed by atoms with Gasteiger partial charge in [-0.05, 0) is 66.4 Å². The van der Waals surface area contributed by atoms with Crippen molar-refractivity contribution in [3.05, 3.63) is 35.5 Å². The van der Waals surface area contributed by atoms with Gasteiger partial charge in [-0.25, -0.2) is 0 Å². The molecule has 3 aliphatic carbocycles. The lowest BCUT2D eigenvalue weighted by Gasteiger charge is -2.46. The van der Waals surface area contributed by atoms with E-state index in [0.717, 1.165) is 24.3 Å². The summed E-state index contributed by atoms with van der Waals surface area (Å²) in [7, 11) is 3.58. The maximum Gasteiger partial charge on any atom is 0.0842 e. The van der Waals surface area contributed by atoms with Gasteiger partial charge in [-0.15, -0.1) is 0 Å². The minimum Gasteiger partial charge on any atom is -0.381 e. The molecule has 4 atom stereocenters. The lowest BCUT2D eigenvalue weighted by Crippen LogP contribution is -2.38. The van der Waals surface area contributed by atoms with Crippen molar-refractivity contribution in [3.63, 3.8) is 0 Å². The first-order chi connectivity index (χ1) is 11.8. The third kappa shape index (κ3) is 3.28. The first-order valence-electron chi connectivity index (χ1n) is 9.97. The predicted molar refractivity (Wildman–Crippen MR) is 105 cm³/mol. The zero-order chi connectivity index (χ0) is 18.2. The minimum absolute atomic E-state index is 0.0883. The van der Waals surface area contributed by atoms with Crippen LogP contribution in [0.2, 0.25) is 0 Å². The Bertz CT molecular complexity index is 583. The fourth-order valence-electron chi connectivity index (χ4n) is 5.57. The molecule has 140 valence electrons. The maximum atomic E-state index is 5.63. The number of rotatable bonds is 3. The molecule has 0 radical (unpaired) electrons. The summed E-state index contributed by atoms with van der Waals surface area (Å²) in [6, 6.07) is 0. The van der Waals surface area contributed by atoms with Crippen LogP contribution in [0.5, 0.6) is 0 Å².